The molecule has 1 amide bonds. The first-order valence-electron chi connectivity index (χ1n) is 10.6. The molecule has 1 N–H and O–H groups in total. The van der Waals surface area contributed by atoms with Gasteiger partial charge in [0.05, 0.1) is 24.2 Å². The lowest BCUT2D eigenvalue weighted by atomic mass is 10.00. The van der Waals surface area contributed by atoms with E-state index < -0.39 is 10.0 Å². The standard InChI is InChI=1S/C25H26N2O4S/c1-19(23-8-4-6-21-5-2-3-7-24(21)23)26-25(28)14-11-20-9-12-22(13-10-20)32(29,30)27-15-17-31-18-16-27/h2-14,19H,15-18H2,1H3,(H,26,28)/b14-11+. The maximum absolute atomic E-state index is 12.7. The van der Waals surface area contributed by atoms with E-state index in [2.05, 4.69) is 23.5 Å². The number of morpholine rings is 1. The minimum Gasteiger partial charge on any atom is -0.379 e. The highest BCUT2D eigenvalue weighted by Crippen LogP contribution is 2.24. The van der Waals surface area contributed by atoms with Gasteiger partial charge in [0.2, 0.25) is 15.9 Å². The quantitative estimate of drug-likeness (QED) is 0.581. The van der Waals surface area contributed by atoms with E-state index in [-0.39, 0.29) is 16.8 Å². The summed E-state index contributed by atoms with van der Waals surface area (Å²) in [4.78, 5) is 12.7. The average molecular weight is 451 g/mol. The lowest BCUT2D eigenvalue weighted by Crippen LogP contribution is -2.40. The molecule has 1 heterocycles. The molecule has 0 spiro atoms. The predicted molar refractivity (Wildman–Crippen MR) is 126 cm³/mol. The molecule has 166 valence electrons. The monoisotopic (exact) mass is 450 g/mol. The van der Waals surface area contributed by atoms with Crippen molar-refractivity contribution in [3.63, 3.8) is 0 Å². The normalized spacial score (nSPS) is 16.3. The minimum absolute atomic E-state index is 0.153. The summed E-state index contributed by atoms with van der Waals surface area (Å²) in [6.45, 7) is 3.50. The van der Waals surface area contributed by atoms with Crippen LogP contribution in [0.15, 0.2) is 77.7 Å². The first kappa shape index (κ1) is 22.2. The SMILES string of the molecule is CC(NC(=O)/C=C/c1ccc(S(=O)(=O)N2CCOCC2)cc1)c1cccc2ccccc12. The highest BCUT2D eigenvalue weighted by atomic mass is 32.2. The Hall–Kier alpha value is -3.00. The van der Waals surface area contributed by atoms with E-state index in [1.165, 1.54) is 10.4 Å². The topological polar surface area (TPSA) is 75.7 Å². The molecule has 6 nitrogen and oxygen atoms in total. The molecule has 0 saturated carbocycles. The van der Waals surface area contributed by atoms with Crippen molar-refractivity contribution < 1.29 is 17.9 Å². The summed E-state index contributed by atoms with van der Waals surface area (Å²) >= 11 is 0. The van der Waals surface area contributed by atoms with E-state index in [1.54, 1.807) is 30.3 Å². The van der Waals surface area contributed by atoms with Gasteiger partial charge in [0, 0.05) is 19.2 Å². The van der Waals surface area contributed by atoms with Crippen LogP contribution in [0.25, 0.3) is 16.8 Å². The van der Waals surface area contributed by atoms with E-state index in [0.717, 1.165) is 21.9 Å². The summed E-state index contributed by atoms with van der Waals surface area (Å²) in [7, 11) is -3.52. The molecule has 7 heteroatoms. The fraction of sp³-hybridized carbons (Fsp3) is 0.240. The Morgan fingerprint density at radius 3 is 2.44 bits per heavy atom. The van der Waals surface area contributed by atoms with Crippen molar-refractivity contribution in [3.05, 3.63) is 83.9 Å². The zero-order valence-electron chi connectivity index (χ0n) is 17.9. The molecule has 0 bridgehead atoms. The number of carbonyl (C=O) groups excluding carboxylic acids is 1. The van der Waals surface area contributed by atoms with E-state index in [0.29, 0.717) is 26.3 Å². The van der Waals surface area contributed by atoms with Gasteiger partial charge in [-0.25, -0.2) is 8.42 Å². The Morgan fingerprint density at radius 2 is 1.69 bits per heavy atom. The summed E-state index contributed by atoms with van der Waals surface area (Å²) in [5, 5.41) is 5.24. The number of nitrogens with one attached hydrogen (secondary N) is 1. The van der Waals surface area contributed by atoms with Gasteiger partial charge >= 0.3 is 0 Å². The fourth-order valence-corrected chi connectivity index (χ4v) is 5.23. The number of rotatable bonds is 6. The maximum Gasteiger partial charge on any atom is 0.244 e. The third-order valence-corrected chi connectivity index (χ3v) is 7.48. The molecule has 1 saturated heterocycles. The number of nitrogens with zero attached hydrogens (tertiary/aromatic N) is 1. The van der Waals surface area contributed by atoms with Gasteiger partial charge in [0.25, 0.3) is 0 Å². The molecular formula is C25H26N2O4S. The third-order valence-electron chi connectivity index (χ3n) is 5.56. The summed E-state index contributed by atoms with van der Waals surface area (Å²) < 4.78 is 32.1. The third kappa shape index (κ3) is 4.91. The van der Waals surface area contributed by atoms with Gasteiger partial charge in [0.1, 0.15) is 0 Å². The number of hydrogen-bond donors (Lipinski definition) is 1. The van der Waals surface area contributed by atoms with Crippen LogP contribution >= 0.6 is 0 Å². The Bertz CT molecular complexity index is 1230. The number of amides is 1. The van der Waals surface area contributed by atoms with Crippen molar-refractivity contribution in [3.8, 4) is 0 Å². The number of fused-ring (bicyclic) bond motifs is 1. The number of sulfonamides is 1. The van der Waals surface area contributed by atoms with E-state index >= 15 is 0 Å². The zero-order chi connectivity index (χ0) is 22.6. The van der Waals surface area contributed by atoms with Gasteiger partial charge in [-0.15, -0.1) is 0 Å². The molecule has 32 heavy (non-hydrogen) atoms. The highest BCUT2D eigenvalue weighted by Gasteiger charge is 2.25. The van der Waals surface area contributed by atoms with Crippen molar-refractivity contribution in [2.24, 2.45) is 0 Å². The van der Waals surface area contributed by atoms with E-state index in [1.807, 2.05) is 31.2 Å². The summed E-state index contributed by atoms with van der Waals surface area (Å²) in [6, 6.07) is 20.5. The van der Waals surface area contributed by atoms with Crippen LogP contribution in [0, 0.1) is 0 Å². The van der Waals surface area contributed by atoms with Crippen LogP contribution in [-0.2, 0) is 19.6 Å². The van der Waals surface area contributed by atoms with Gasteiger partial charge < -0.3 is 10.1 Å². The minimum atomic E-state index is -3.52. The van der Waals surface area contributed by atoms with Crippen molar-refractivity contribution in [1.29, 1.82) is 0 Å². The summed E-state index contributed by atoms with van der Waals surface area (Å²) in [5.41, 5.74) is 1.81. The fourth-order valence-electron chi connectivity index (χ4n) is 3.83. The van der Waals surface area contributed by atoms with Crippen molar-refractivity contribution in [2.75, 3.05) is 26.3 Å². The Labute approximate surface area is 188 Å². The molecule has 4 rings (SSSR count). The average Bonchev–Trinajstić information content (AvgIpc) is 2.83. The molecule has 1 atom stereocenters. The second-order valence-corrected chi connectivity index (χ2v) is 9.66. The number of carbonyl (C=O) groups is 1. The first-order valence-corrected chi connectivity index (χ1v) is 12.0. The molecule has 0 radical (unpaired) electrons. The molecule has 3 aromatic rings. The number of ether oxygens (including phenoxy) is 1. The molecule has 1 aliphatic rings. The Balaban J connectivity index is 1.41. The van der Waals surface area contributed by atoms with Crippen molar-refractivity contribution >= 4 is 32.8 Å². The lowest BCUT2D eigenvalue weighted by Gasteiger charge is -2.26. The van der Waals surface area contributed by atoms with Crippen LogP contribution in [-0.4, -0.2) is 44.9 Å². The molecule has 1 aliphatic heterocycles. The van der Waals surface area contributed by atoms with Crippen LogP contribution in [0.1, 0.15) is 24.1 Å². The maximum atomic E-state index is 12.7. The molecule has 1 unspecified atom stereocenters. The number of hydrogen-bond acceptors (Lipinski definition) is 4. The summed E-state index contributed by atoms with van der Waals surface area (Å²) in [6.07, 6.45) is 3.14. The zero-order valence-corrected chi connectivity index (χ0v) is 18.7. The van der Waals surface area contributed by atoms with Gasteiger partial charge in [-0.2, -0.15) is 4.31 Å². The second-order valence-electron chi connectivity index (χ2n) is 7.72. The molecule has 1 fully saturated rings. The van der Waals surface area contributed by atoms with Crippen molar-refractivity contribution in [2.45, 2.75) is 17.9 Å². The molecule has 3 aromatic carbocycles. The number of benzene rings is 3. The molecular weight excluding hydrogens is 424 g/mol. The Morgan fingerprint density at radius 1 is 1.00 bits per heavy atom. The second kappa shape index (κ2) is 9.65. The first-order chi connectivity index (χ1) is 15.4. The van der Waals surface area contributed by atoms with Crippen LogP contribution in [0.5, 0.6) is 0 Å². The van der Waals surface area contributed by atoms with Gasteiger partial charge in [0.15, 0.2) is 0 Å². The van der Waals surface area contributed by atoms with Crippen molar-refractivity contribution in [1.82, 2.24) is 9.62 Å². The molecule has 0 aromatic heterocycles. The van der Waals surface area contributed by atoms with Crippen LogP contribution in [0.2, 0.25) is 0 Å². The van der Waals surface area contributed by atoms with E-state index in [9.17, 15) is 13.2 Å². The predicted octanol–water partition coefficient (Wildman–Crippen LogP) is 3.75. The van der Waals surface area contributed by atoms with E-state index in [4.69, 9.17) is 4.74 Å². The van der Waals surface area contributed by atoms with Crippen LogP contribution in [0.3, 0.4) is 0 Å². The molecule has 0 aliphatic carbocycles. The smallest absolute Gasteiger partial charge is 0.244 e. The largest absolute Gasteiger partial charge is 0.379 e. The van der Waals surface area contributed by atoms with Crippen LogP contribution in [0.4, 0.5) is 0 Å². The van der Waals surface area contributed by atoms with Crippen LogP contribution < -0.4 is 5.32 Å². The Kier molecular flexibility index (Phi) is 6.69. The van der Waals surface area contributed by atoms with Gasteiger partial charge in [-0.3, -0.25) is 4.79 Å². The van der Waals surface area contributed by atoms with Gasteiger partial charge in [-0.1, -0.05) is 54.6 Å². The van der Waals surface area contributed by atoms with Gasteiger partial charge in [-0.05, 0) is 47.0 Å². The summed E-state index contributed by atoms with van der Waals surface area (Å²) in [5.74, 6) is -0.213. The highest BCUT2D eigenvalue weighted by molar-refractivity contribution is 7.89. The lowest BCUT2D eigenvalue weighted by molar-refractivity contribution is -0.117.